The van der Waals surface area contributed by atoms with Crippen molar-refractivity contribution >= 4 is 11.4 Å². The first-order valence-electron chi connectivity index (χ1n) is 7.07. The second kappa shape index (κ2) is 7.87. The number of ether oxygens (including phenoxy) is 1. The molecule has 19 heavy (non-hydrogen) atoms. The third-order valence-electron chi connectivity index (χ3n) is 3.20. The van der Waals surface area contributed by atoms with E-state index in [-0.39, 0.29) is 0 Å². The zero-order chi connectivity index (χ0) is 14.3. The molecule has 0 saturated heterocycles. The molecule has 0 spiro atoms. The molecule has 0 aliphatic carbocycles. The van der Waals surface area contributed by atoms with Gasteiger partial charge in [0.2, 0.25) is 5.88 Å². The Morgan fingerprint density at radius 3 is 2.68 bits per heavy atom. The molecule has 4 heteroatoms. The van der Waals surface area contributed by atoms with Crippen molar-refractivity contribution in [1.82, 2.24) is 4.98 Å². The number of hydrogen-bond acceptors (Lipinski definition) is 4. The minimum atomic E-state index is 0.420. The number of pyridine rings is 1. The molecule has 1 aromatic rings. The molecule has 0 bridgehead atoms. The molecule has 0 amide bonds. The van der Waals surface area contributed by atoms with Crippen molar-refractivity contribution < 1.29 is 4.74 Å². The molecular weight excluding hydrogens is 238 g/mol. The normalized spacial score (nSPS) is 12.1. The fraction of sp³-hybridized carbons (Fsp3) is 0.667. The molecule has 1 N–H and O–H groups in total. The first-order chi connectivity index (χ1) is 9.10. The second-order valence-electron chi connectivity index (χ2n) is 5.15. The molecular formula is C15H27N3O. The van der Waals surface area contributed by atoms with Gasteiger partial charge in [-0.2, -0.15) is 0 Å². The fourth-order valence-electron chi connectivity index (χ4n) is 2.12. The van der Waals surface area contributed by atoms with E-state index in [9.17, 15) is 0 Å². The Morgan fingerprint density at radius 1 is 1.37 bits per heavy atom. The lowest BCUT2D eigenvalue weighted by atomic mass is 10.1. The molecule has 1 heterocycles. The standard InChI is InChI=1S/C15H27N3O/c1-6-7-8-9-12(2)17-14-13(18(3)4)10-11-16-15(14)19-5/h10-12,17H,6-9H2,1-5H3. The molecule has 0 aromatic carbocycles. The maximum Gasteiger partial charge on any atom is 0.239 e. The number of methoxy groups -OCH3 is 1. The van der Waals surface area contributed by atoms with Crippen molar-refractivity contribution in [2.75, 3.05) is 31.4 Å². The average molecular weight is 265 g/mol. The monoisotopic (exact) mass is 265 g/mol. The van der Waals surface area contributed by atoms with Crippen LogP contribution in [0.15, 0.2) is 12.3 Å². The molecule has 0 fully saturated rings. The summed E-state index contributed by atoms with van der Waals surface area (Å²) in [5.74, 6) is 0.661. The summed E-state index contributed by atoms with van der Waals surface area (Å²) in [6.07, 6.45) is 6.74. The molecule has 0 saturated carbocycles. The minimum Gasteiger partial charge on any atom is -0.479 e. The highest BCUT2D eigenvalue weighted by Crippen LogP contribution is 2.32. The molecule has 4 nitrogen and oxygen atoms in total. The van der Waals surface area contributed by atoms with E-state index < -0.39 is 0 Å². The summed E-state index contributed by atoms with van der Waals surface area (Å²) in [5.41, 5.74) is 2.09. The van der Waals surface area contributed by atoms with Crippen LogP contribution < -0.4 is 15.0 Å². The number of rotatable bonds is 8. The second-order valence-corrected chi connectivity index (χ2v) is 5.15. The van der Waals surface area contributed by atoms with Gasteiger partial charge in [0.05, 0.1) is 12.8 Å². The topological polar surface area (TPSA) is 37.4 Å². The van der Waals surface area contributed by atoms with Crippen LogP contribution in [0.25, 0.3) is 0 Å². The number of unbranched alkanes of at least 4 members (excludes halogenated alkanes) is 2. The summed E-state index contributed by atoms with van der Waals surface area (Å²) in [6.45, 7) is 4.44. The SMILES string of the molecule is CCCCCC(C)Nc1c(N(C)C)ccnc1OC. The van der Waals surface area contributed by atoms with Crippen molar-refractivity contribution in [3.8, 4) is 5.88 Å². The van der Waals surface area contributed by atoms with E-state index in [2.05, 4.69) is 29.0 Å². The van der Waals surface area contributed by atoms with Gasteiger partial charge in [-0.3, -0.25) is 0 Å². The van der Waals surface area contributed by atoms with E-state index >= 15 is 0 Å². The molecule has 1 aromatic heterocycles. The van der Waals surface area contributed by atoms with Crippen LogP contribution in [0.4, 0.5) is 11.4 Å². The summed E-state index contributed by atoms with van der Waals surface area (Å²) in [6, 6.07) is 2.42. The molecule has 1 rings (SSSR count). The van der Waals surface area contributed by atoms with Crippen molar-refractivity contribution in [1.29, 1.82) is 0 Å². The van der Waals surface area contributed by atoms with Crippen LogP contribution in [-0.2, 0) is 0 Å². The number of nitrogens with zero attached hydrogens (tertiary/aromatic N) is 2. The Hall–Kier alpha value is -1.45. The molecule has 0 aliphatic heterocycles. The Labute approximate surface area is 117 Å². The molecule has 108 valence electrons. The van der Waals surface area contributed by atoms with Crippen LogP contribution in [0.3, 0.4) is 0 Å². The molecule has 1 atom stereocenters. The summed E-state index contributed by atoms with van der Waals surface area (Å²) >= 11 is 0. The number of aromatic nitrogens is 1. The van der Waals surface area contributed by atoms with E-state index in [1.165, 1.54) is 25.7 Å². The smallest absolute Gasteiger partial charge is 0.239 e. The lowest BCUT2D eigenvalue weighted by Gasteiger charge is -2.23. The quantitative estimate of drug-likeness (QED) is 0.730. The predicted octanol–water partition coefficient (Wildman–Crippen LogP) is 3.54. The highest BCUT2D eigenvalue weighted by atomic mass is 16.5. The third kappa shape index (κ3) is 4.62. The van der Waals surface area contributed by atoms with Gasteiger partial charge in [-0.15, -0.1) is 0 Å². The van der Waals surface area contributed by atoms with Crippen LogP contribution in [-0.4, -0.2) is 32.2 Å². The summed E-state index contributed by atoms with van der Waals surface area (Å²) in [5, 5.41) is 3.54. The van der Waals surface area contributed by atoms with Gasteiger partial charge in [-0.05, 0) is 19.4 Å². The zero-order valence-corrected chi connectivity index (χ0v) is 12.9. The van der Waals surface area contributed by atoms with Gasteiger partial charge in [-0.1, -0.05) is 26.2 Å². The number of hydrogen-bond donors (Lipinski definition) is 1. The van der Waals surface area contributed by atoms with Gasteiger partial charge >= 0.3 is 0 Å². The van der Waals surface area contributed by atoms with E-state index in [1.54, 1.807) is 13.3 Å². The Morgan fingerprint density at radius 2 is 2.11 bits per heavy atom. The first kappa shape index (κ1) is 15.6. The van der Waals surface area contributed by atoms with Crippen LogP contribution in [0.1, 0.15) is 39.5 Å². The maximum atomic E-state index is 5.36. The fourth-order valence-corrected chi connectivity index (χ4v) is 2.12. The van der Waals surface area contributed by atoms with Crippen molar-refractivity contribution in [3.05, 3.63) is 12.3 Å². The van der Waals surface area contributed by atoms with Crippen LogP contribution in [0.5, 0.6) is 5.88 Å². The number of anilines is 2. The Bertz CT molecular complexity index is 380. The Balaban J connectivity index is 2.79. The van der Waals surface area contributed by atoms with Gasteiger partial charge < -0.3 is 15.0 Å². The lowest BCUT2D eigenvalue weighted by molar-refractivity contribution is 0.399. The summed E-state index contributed by atoms with van der Waals surface area (Å²) < 4.78 is 5.36. The largest absolute Gasteiger partial charge is 0.479 e. The molecule has 0 aliphatic rings. The number of nitrogens with one attached hydrogen (secondary N) is 1. The minimum absolute atomic E-state index is 0.420. The van der Waals surface area contributed by atoms with Crippen LogP contribution >= 0.6 is 0 Å². The van der Waals surface area contributed by atoms with Gasteiger partial charge in [0.25, 0.3) is 0 Å². The van der Waals surface area contributed by atoms with Gasteiger partial charge in [-0.25, -0.2) is 4.98 Å². The van der Waals surface area contributed by atoms with Gasteiger partial charge in [0, 0.05) is 26.3 Å². The molecule has 0 radical (unpaired) electrons. The molecule has 1 unspecified atom stereocenters. The van der Waals surface area contributed by atoms with Crippen molar-refractivity contribution in [2.24, 2.45) is 0 Å². The highest BCUT2D eigenvalue weighted by molar-refractivity contribution is 5.74. The van der Waals surface area contributed by atoms with Gasteiger partial charge in [0.1, 0.15) is 5.69 Å². The van der Waals surface area contributed by atoms with Crippen molar-refractivity contribution in [3.63, 3.8) is 0 Å². The Kier molecular flexibility index (Phi) is 6.46. The van der Waals surface area contributed by atoms with E-state index in [0.29, 0.717) is 11.9 Å². The van der Waals surface area contributed by atoms with E-state index in [1.807, 2.05) is 20.2 Å². The van der Waals surface area contributed by atoms with Crippen molar-refractivity contribution in [2.45, 2.75) is 45.6 Å². The van der Waals surface area contributed by atoms with E-state index in [0.717, 1.165) is 11.4 Å². The maximum absolute atomic E-state index is 5.36. The summed E-state index contributed by atoms with van der Waals surface area (Å²) in [7, 11) is 5.72. The zero-order valence-electron chi connectivity index (χ0n) is 12.9. The van der Waals surface area contributed by atoms with E-state index in [4.69, 9.17) is 4.74 Å². The van der Waals surface area contributed by atoms with Gasteiger partial charge in [0.15, 0.2) is 0 Å². The first-order valence-corrected chi connectivity index (χ1v) is 7.07. The third-order valence-corrected chi connectivity index (χ3v) is 3.20. The lowest BCUT2D eigenvalue weighted by Crippen LogP contribution is -2.19. The summed E-state index contributed by atoms with van der Waals surface area (Å²) in [4.78, 5) is 6.35. The highest BCUT2D eigenvalue weighted by Gasteiger charge is 2.14. The van der Waals surface area contributed by atoms with Crippen LogP contribution in [0.2, 0.25) is 0 Å². The van der Waals surface area contributed by atoms with Crippen LogP contribution in [0, 0.1) is 0 Å². The average Bonchev–Trinajstić information content (AvgIpc) is 2.39. The predicted molar refractivity (Wildman–Crippen MR) is 82.3 cm³/mol.